The van der Waals surface area contributed by atoms with Crippen LogP contribution in [0, 0.1) is 11.3 Å². The first-order chi connectivity index (χ1) is 8.96. The summed E-state index contributed by atoms with van der Waals surface area (Å²) in [6.45, 7) is 0.914. The molecule has 0 fully saturated rings. The van der Waals surface area contributed by atoms with Crippen molar-refractivity contribution >= 4 is 0 Å². The Morgan fingerprint density at radius 1 is 1.10 bits per heavy atom. The van der Waals surface area contributed by atoms with E-state index in [0.29, 0.717) is 6.42 Å². The summed E-state index contributed by atoms with van der Waals surface area (Å²) in [5.41, 5.74) is -0.854. The number of rotatable bonds is 7. The average Bonchev–Trinajstić information content (AvgIpc) is 2.30. The minimum Gasteiger partial charge on any atom is -0.361 e. The molecule has 118 valence electrons. The van der Waals surface area contributed by atoms with Crippen LogP contribution in [0.25, 0.3) is 0 Å². The lowest BCUT2D eigenvalue weighted by Crippen LogP contribution is -2.44. The lowest BCUT2D eigenvalue weighted by atomic mass is 9.97. The Kier molecular flexibility index (Phi) is 6.77. The topological polar surface area (TPSA) is 45.0 Å². The van der Waals surface area contributed by atoms with Crippen molar-refractivity contribution in [1.29, 1.82) is 5.26 Å². The van der Waals surface area contributed by atoms with Crippen LogP contribution < -0.4 is 5.32 Å². The summed E-state index contributed by atoms with van der Waals surface area (Å²) >= 11 is 0. The minimum atomic E-state index is -5.48. The van der Waals surface area contributed by atoms with E-state index in [1.54, 1.807) is 14.0 Å². The summed E-state index contributed by atoms with van der Waals surface area (Å²) in [5.74, 6) is 0. The normalized spacial score (nSPS) is 16.0. The van der Waals surface area contributed by atoms with Crippen molar-refractivity contribution in [1.82, 2.24) is 5.32 Å². The molecule has 0 rings (SSSR count). The van der Waals surface area contributed by atoms with E-state index in [0.717, 1.165) is 0 Å². The SMILES string of the molecule is CNC(C)(C#N)CCCCOC(C(F)(F)F)C(F)(F)F. The molecule has 0 bridgehead atoms. The number of hydrogen-bond acceptors (Lipinski definition) is 3. The number of hydrogen-bond donors (Lipinski definition) is 1. The molecule has 20 heavy (non-hydrogen) atoms. The van der Waals surface area contributed by atoms with Gasteiger partial charge in [-0.1, -0.05) is 0 Å². The summed E-state index contributed by atoms with van der Waals surface area (Å²) < 4.78 is 76.7. The van der Waals surface area contributed by atoms with Gasteiger partial charge in [0.2, 0.25) is 6.10 Å². The van der Waals surface area contributed by atoms with Gasteiger partial charge >= 0.3 is 12.4 Å². The van der Waals surface area contributed by atoms with Gasteiger partial charge in [-0.25, -0.2) is 0 Å². The average molecular weight is 306 g/mol. The van der Waals surface area contributed by atoms with Crippen molar-refractivity contribution in [3.05, 3.63) is 0 Å². The molecule has 0 aromatic carbocycles. The predicted molar refractivity (Wildman–Crippen MR) is 58.8 cm³/mol. The molecule has 1 unspecified atom stereocenters. The molecule has 0 radical (unpaired) electrons. The summed E-state index contributed by atoms with van der Waals surface area (Å²) in [7, 11) is 1.54. The molecule has 0 spiro atoms. The second-order valence-corrected chi connectivity index (χ2v) is 4.49. The van der Waals surface area contributed by atoms with Crippen LogP contribution in [-0.2, 0) is 4.74 Å². The first-order valence-electron chi connectivity index (χ1n) is 5.81. The van der Waals surface area contributed by atoms with E-state index in [2.05, 4.69) is 10.1 Å². The fraction of sp³-hybridized carbons (Fsp3) is 0.909. The first kappa shape index (κ1) is 19.0. The lowest BCUT2D eigenvalue weighted by Gasteiger charge is -2.23. The third kappa shape index (κ3) is 6.43. The van der Waals surface area contributed by atoms with E-state index >= 15 is 0 Å². The van der Waals surface area contributed by atoms with Crippen LogP contribution in [0.15, 0.2) is 0 Å². The second-order valence-electron chi connectivity index (χ2n) is 4.49. The van der Waals surface area contributed by atoms with Crippen LogP contribution in [0.2, 0.25) is 0 Å². The summed E-state index contributed by atoms with van der Waals surface area (Å²) in [6.07, 6.45) is -14.2. The van der Waals surface area contributed by atoms with Crippen molar-refractivity contribution in [2.24, 2.45) is 0 Å². The zero-order chi connectivity index (χ0) is 16.0. The minimum absolute atomic E-state index is 0.00160. The number of halogens is 6. The molecule has 0 aromatic heterocycles. The number of nitrogens with one attached hydrogen (secondary N) is 1. The highest BCUT2D eigenvalue weighted by molar-refractivity contribution is 5.02. The molecule has 0 aromatic rings. The summed E-state index contributed by atoms with van der Waals surface area (Å²) in [5, 5.41) is 11.5. The predicted octanol–water partition coefficient (Wildman–Crippen LogP) is 3.17. The van der Waals surface area contributed by atoms with Crippen LogP contribution in [0.4, 0.5) is 26.3 Å². The molecule has 0 heterocycles. The Hall–Kier alpha value is -1.01. The van der Waals surface area contributed by atoms with Gasteiger partial charge in [-0.05, 0) is 33.2 Å². The van der Waals surface area contributed by atoms with E-state index in [1.165, 1.54) is 0 Å². The highest BCUT2D eigenvalue weighted by Gasteiger charge is 2.57. The van der Waals surface area contributed by atoms with Crippen molar-refractivity contribution in [3.8, 4) is 6.07 Å². The Morgan fingerprint density at radius 3 is 1.95 bits per heavy atom. The molecule has 0 aliphatic rings. The van der Waals surface area contributed by atoms with Crippen molar-refractivity contribution < 1.29 is 31.1 Å². The fourth-order valence-electron chi connectivity index (χ4n) is 1.39. The molecule has 3 nitrogen and oxygen atoms in total. The van der Waals surface area contributed by atoms with Gasteiger partial charge in [-0.2, -0.15) is 31.6 Å². The molecule has 1 atom stereocenters. The smallest absolute Gasteiger partial charge is 0.361 e. The molecule has 0 aliphatic heterocycles. The first-order valence-corrected chi connectivity index (χ1v) is 5.81. The molecular formula is C11H16F6N2O. The monoisotopic (exact) mass is 306 g/mol. The van der Waals surface area contributed by atoms with Gasteiger partial charge in [0.15, 0.2) is 0 Å². The van der Waals surface area contributed by atoms with E-state index in [9.17, 15) is 26.3 Å². The van der Waals surface area contributed by atoms with E-state index in [-0.39, 0.29) is 12.8 Å². The number of ether oxygens (including phenoxy) is 1. The molecule has 9 heteroatoms. The van der Waals surface area contributed by atoms with Crippen molar-refractivity contribution in [2.45, 2.75) is 50.2 Å². The molecule has 1 N–H and O–H groups in total. The van der Waals surface area contributed by atoms with Gasteiger partial charge < -0.3 is 10.1 Å². The summed E-state index contributed by atoms with van der Waals surface area (Å²) in [4.78, 5) is 0. The maximum Gasteiger partial charge on any atom is 0.423 e. The fourth-order valence-corrected chi connectivity index (χ4v) is 1.39. The van der Waals surface area contributed by atoms with Gasteiger partial charge in [0.25, 0.3) is 0 Å². The van der Waals surface area contributed by atoms with Crippen molar-refractivity contribution in [3.63, 3.8) is 0 Å². The van der Waals surface area contributed by atoms with Gasteiger partial charge in [-0.3, -0.25) is 0 Å². The Bertz CT molecular complexity index is 321. The zero-order valence-corrected chi connectivity index (χ0v) is 11.0. The van der Waals surface area contributed by atoms with Crippen LogP contribution in [0.5, 0.6) is 0 Å². The maximum atomic E-state index is 12.1. The Labute approximate surface area is 112 Å². The van der Waals surface area contributed by atoms with E-state index < -0.39 is 30.6 Å². The zero-order valence-electron chi connectivity index (χ0n) is 11.0. The van der Waals surface area contributed by atoms with Gasteiger partial charge in [0.05, 0.1) is 6.07 Å². The standard InChI is InChI=1S/C11H16F6N2O/c1-9(7-18,19-2)5-3-4-6-20-8(10(12,13)14)11(15,16)17/h8,19H,3-6H2,1-2H3. The molecular weight excluding hydrogens is 290 g/mol. The van der Waals surface area contributed by atoms with Gasteiger partial charge in [0, 0.05) is 6.61 Å². The Morgan fingerprint density at radius 2 is 1.60 bits per heavy atom. The quantitative estimate of drug-likeness (QED) is 0.580. The molecule has 0 saturated heterocycles. The van der Waals surface area contributed by atoms with Crippen LogP contribution in [0.1, 0.15) is 26.2 Å². The number of alkyl halides is 6. The molecule has 0 aliphatic carbocycles. The lowest BCUT2D eigenvalue weighted by molar-refractivity contribution is -0.321. The van der Waals surface area contributed by atoms with Crippen LogP contribution >= 0.6 is 0 Å². The number of unbranched alkanes of at least 4 members (excludes halogenated alkanes) is 1. The van der Waals surface area contributed by atoms with Crippen molar-refractivity contribution in [2.75, 3.05) is 13.7 Å². The number of nitrogens with zero attached hydrogens (tertiary/aromatic N) is 1. The molecule has 0 saturated carbocycles. The maximum absolute atomic E-state index is 12.1. The van der Waals surface area contributed by atoms with Gasteiger partial charge in [-0.15, -0.1) is 0 Å². The molecule has 0 amide bonds. The number of nitriles is 1. The highest BCUT2D eigenvalue weighted by Crippen LogP contribution is 2.35. The third-order valence-corrected chi connectivity index (χ3v) is 2.75. The van der Waals surface area contributed by atoms with Crippen LogP contribution in [0.3, 0.4) is 0 Å². The van der Waals surface area contributed by atoms with E-state index in [4.69, 9.17) is 5.26 Å². The van der Waals surface area contributed by atoms with E-state index in [1.807, 2.05) is 6.07 Å². The van der Waals surface area contributed by atoms with Gasteiger partial charge in [0.1, 0.15) is 5.54 Å². The largest absolute Gasteiger partial charge is 0.423 e. The second kappa shape index (κ2) is 7.13. The Balaban J connectivity index is 4.20. The highest BCUT2D eigenvalue weighted by atomic mass is 19.4. The third-order valence-electron chi connectivity index (χ3n) is 2.75. The van der Waals surface area contributed by atoms with Crippen LogP contribution in [-0.4, -0.2) is 37.7 Å². The summed E-state index contributed by atoms with van der Waals surface area (Å²) in [6, 6.07) is 1.96.